The number of nitrogens with zero attached hydrogens (tertiary/aromatic N) is 2. The van der Waals surface area contributed by atoms with Crippen LogP contribution in [-0.4, -0.2) is 20.8 Å². The Bertz CT molecular complexity index is 495. The van der Waals surface area contributed by atoms with Crippen molar-refractivity contribution in [2.45, 2.75) is 31.6 Å². The molecule has 0 saturated carbocycles. The molecule has 102 valence electrons. The Morgan fingerprint density at radius 3 is 2.68 bits per heavy atom. The standard InChI is InChI=1S/C15H21N3S/c1-3-12(2)19-11-14(16)15-9-10-17-18(15)13-7-5-4-6-8-13/h4-10,12,14H,3,11,16H2,1-2H3. The van der Waals surface area contributed by atoms with Crippen LogP contribution in [0.25, 0.3) is 5.69 Å². The molecule has 0 radical (unpaired) electrons. The highest BCUT2D eigenvalue weighted by atomic mass is 32.2. The highest BCUT2D eigenvalue weighted by Gasteiger charge is 2.14. The van der Waals surface area contributed by atoms with Gasteiger partial charge in [-0.3, -0.25) is 0 Å². The molecular formula is C15H21N3S. The van der Waals surface area contributed by atoms with Crippen molar-refractivity contribution in [3.63, 3.8) is 0 Å². The van der Waals surface area contributed by atoms with Gasteiger partial charge >= 0.3 is 0 Å². The van der Waals surface area contributed by atoms with E-state index in [1.807, 2.05) is 59.0 Å². The molecule has 1 heterocycles. The molecule has 4 heteroatoms. The minimum Gasteiger partial charge on any atom is -0.322 e. The van der Waals surface area contributed by atoms with E-state index in [4.69, 9.17) is 5.73 Å². The fourth-order valence-corrected chi connectivity index (χ4v) is 2.79. The van der Waals surface area contributed by atoms with Crippen molar-refractivity contribution in [3.05, 3.63) is 48.3 Å². The van der Waals surface area contributed by atoms with E-state index in [2.05, 4.69) is 18.9 Å². The minimum atomic E-state index is 0.0155. The summed E-state index contributed by atoms with van der Waals surface area (Å²) in [5.41, 5.74) is 8.43. The van der Waals surface area contributed by atoms with Crippen LogP contribution >= 0.6 is 11.8 Å². The van der Waals surface area contributed by atoms with Gasteiger partial charge in [0.25, 0.3) is 0 Å². The van der Waals surface area contributed by atoms with E-state index in [0.717, 1.165) is 17.1 Å². The lowest BCUT2D eigenvalue weighted by Crippen LogP contribution is -2.18. The fraction of sp³-hybridized carbons (Fsp3) is 0.400. The van der Waals surface area contributed by atoms with Crippen LogP contribution in [0.3, 0.4) is 0 Å². The quantitative estimate of drug-likeness (QED) is 0.878. The molecule has 2 N–H and O–H groups in total. The first-order valence-electron chi connectivity index (χ1n) is 6.69. The summed E-state index contributed by atoms with van der Waals surface area (Å²) in [5.74, 6) is 0.924. The Balaban J connectivity index is 2.11. The lowest BCUT2D eigenvalue weighted by molar-refractivity contribution is 0.716. The second-order valence-corrected chi connectivity index (χ2v) is 6.13. The average molecular weight is 275 g/mol. The van der Waals surface area contributed by atoms with Crippen molar-refractivity contribution in [3.8, 4) is 5.69 Å². The Morgan fingerprint density at radius 2 is 2.00 bits per heavy atom. The molecular weight excluding hydrogens is 254 g/mol. The Morgan fingerprint density at radius 1 is 1.26 bits per heavy atom. The first kappa shape index (κ1) is 14.2. The zero-order chi connectivity index (χ0) is 13.7. The predicted molar refractivity (Wildman–Crippen MR) is 82.7 cm³/mol. The zero-order valence-corrected chi connectivity index (χ0v) is 12.3. The Kier molecular flexibility index (Phi) is 5.05. The summed E-state index contributed by atoms with van der Waals surface area (Å²) in [5, 5.41) is 5.03. The van der Waals surface area contributed by atoms with Gasteiger partial charge < -0.3 is 5.73 Å². The van der Waals surface area contributed by atoms with Crippen LogP contribution in [0, 0.1) is 0 Å². The molecule has 0 amide bonds. The number of aromatic nitrogens is 2. The lowest BCUT2D eigenvalue weighted by atomic mass is 10.2. The molecule has 0 aliphatic heterocycles. The normalized spacial score (nSPS) is 14.3. The van der Waals surface area contributed by atoms with E-state index in [1.54, 1.807) is 0 Å². The first-order valence-corrected chi connectivity index (χ1v) is 7.73. The summed E-state index contributed by atoms with van der Waals surface area (Å²) in [6, 6.07) is 12.2. The van der Waals surface area contributed by atoms with E-state index >= 15 is 0 Å². The van der Waals surface area contributed by atoms with Gasteiger partial charge in [0.15, 0.2) is 0 Å². The highest BCUT2D eigenvalue weighted by Crippen LogP contribution is 2.22. The SMILES string of the molecule is CCC(C)SCC(N)c1ccnn1-c1ccccc1. The monoisotopic (exact) mass is 275 g/mol. The number of nitrogens with two attached hydrogens (primary N) is 1. The minimum absolute atomic E-state index is 0.0155. The van der Waals surface area contributed by atoms with Gasteiger partial charge in [-0.1, -0.05) is 32.0 Å². The molecule has 2 unspecified atom stereocenters. The molecule has 1 aromatic carbocycles. The van der Waals surface area contributed by atoms with E-state index in [-0.39, 0.29) is 6.04 Å². The molecule has 0 spiro atoms. The summed E-state index contributed by atoms with van der Waals surface area (Å²) in [4.78, 5) is 0. The molecule has 0 fully saturated rings. The summed E-state index contributed by atoms with van der Waals surface area (Å²) < 4.78 is 1.93. The van der Waals surface area contributed by atoms with Gasteiger partial charge in [-0.15, -0.1) is 0 Å². The number of thioether (sulfide) groups is 1. The molecule has 0 saturated heterocycles. The third-order valence-electron chi connectivity index (χ3n) is 3.19. The maximum atomic E-state index is 6.30. The van der Waals surface area contributed by atoms with Crippen LogP contribution in [0.15, 0.2) is 42.6 Å². The van der Waals surface area contributed by atoms with Crippen molar-refractivity contribution < 1.29 is 0 Å². The van der Waals surface area contributed by atoms with Gasteiger partial charge in [-0.05, 0) is 24.6 Å². The maximum absolute atomic E-state index is 6.30. The number of benzene rings is 1. The average Bonchev–Trinajstić information content (AvgIpc) is 2.94. The number of hydrogen-bond donors (Lipinski definition) is 1. The van der Waals surface area contributed by atoms with Crippen molar-refractivity contribution in [1.82, 2.24) is 9.78 Å². The number of para-hydroxylation sites is 1. The van der Waals surface area contributed by atoms with Gasteiger partial charge in [-0.25, -0.2) is 4.68 Å². The van der Waals surface area contributed by atoms with Gasteiger partial charge in [0.1, 0.15) is 0 Å². The number of rotatable bonds is 6. The molecule has 1 aromatic heterocycles. The summed E-state index contributed by atoms with van der Waals surface area (Å²) in [6.07, 6.45) is 2.99. The van der Waals surface area contributed by atoms with Gasteiger partial charge in [0.05, 0.1) is 17.4 Å². The van der Waals surface area contributed by atoms with Crippen molar-refractivity contribution in [1.29, 1.82) is 0 Å². The van der Waals surface area contributed by atoms with Crippen LogP contribution in [0.5, 0.6) is 0 Å². The third-order valence-corrected chi connectivity index (χ3v) is 4.64. The predicted octanol–water partition coefficient (Wildman–Crippen LogP) is 3.40. The van der Waals surface area contributed by atoms with Gasteiger partial charge in [0, 0.05) is 17.2 Å². The second kappa shape index (κ2) is 6.78. The summed E-state index contributed by atoms with van der Waals surface area (Å²) >= 11 is 1.92. The summed E-state index contributed by atoms with van der Waals surface area (Å²) in [6.45, 7) is 4.45. The number of hydrogen-bond acceptors (Lipinski definition) is 3. The van der Waals surface area contributed by atoms with Crippen molar-refractivity contribution in [2.75, 3.05) is 5.75 Å². The van der Waals surface area contributed by atoms with E-state index in [0.29, 0.717) is 5.25 Å². The molecule has 0 aliphatic carbocycles. The van der Waals surface area contributed by atoms with Crippen molar-refractivity contribution >= 4 is 11.8 Å². The molecule has 0 bridgehead atoms. The van der Waals surface area contributed by atoms with Crippen molar-refractivity contribution in [2.24, 2.45) is 5.73 Å². The Hall–Kier alpha value is -1.26. The lowest BCUT2D eigenvalue weighted by Gasteiger charge is -2.16. The molecule has 2 rings (SSSR count). The maximum Gasteiger partial charge on any atom is 0.0649 e. The smallest absolute Gasteiger partial charge is 0.0649 e. The second-order valence-electron chi connectivity index (χ2n) is 4.66. The van der Waals surface area contributed by atoms with Crippen LogP contribution in [-0.2, 0) is 0 Å². The largest absolute Gasteiger partial charge is 0.322 e. The highest BCUT2D eigenvalue weighted by molar-refractivity contribution is 7.99. The van der Waals surface area contributed by atoms with Crippen LogP contribution < -0.4 is 5.73 Å². The van der Waals surface area contributed by atoms with E-state index < -0.39 is 0 Å². The molecule has 0 aliphatic rings. The molecule has 19 heavy (non-hydrogen) atoms. The molecule has 2 atom stereocenters. The van der Waals surface area contributed by atoms with Gasteiger partial charge in [0.2, 0.25) is 0 Å². The zero-order valence-electron chi connectivity index (χ0n) is 11.5. The van der Waals surface area contributed by atoms with Crippen LogP contribution in [0.1, 0.15) is 32.0 Å². The molecule has 2 aromatic rings. The van der Waals surface area contributed by atoms with Crippen LogP contribution in [0.4, 0.5) is 0 Å². The van der Waals surface area contributed by atoms with Crippen LogP contribution in [0.2, 0.25) is 0 Å². The third kappa shape index (κ3) is 3.61. The molecule has 3 nitrogen and oxygen atoms in total. The fourth-order valence-electron chi connectivity index (χ4n) is 1.85. The van der Waals surface area contributed by atoms with E-state index in [9.17, 15) is 0 Å². The summed E-state index contributed by atoms with van der Waals surface area (Å²) in [7, 11) is 0. The Labute approximate surface area is 119 Å². The first-order chi connectivity index (χ1) is 9.22. The topological polar surface area (TPSA) is 43.8 Å². The van der Waals surface area contributed by atoms with Gasteiger partial charge in [-0.2, -0.15) is 16.9 Å². The van der Waals surface area contributed by atoms with E-state index in [1.165, 1.54) is 6.42 Å².